The maximum atomic E-state index is 17.4. The molecule has 6 nitrogen and oxygen atoms in total. The number of furan rings is 2. The highest BCUT2D eigenvalue weighted by atomic mass is 19.2. The molecule has 0 fully saturated rings. The first kappa shape index (κ1) is 68.9. The second-order valence-electron chi connectivity index (χ2n) is 29.0. The van der Waals surface area contributed by atoms with E-state index in [0.717, 1.165) is 136 Å². The average molecular weight is 1500 g/mol. The van der Waals surface area contributed by atoms with Crippen LogP contribution in [0, 0.1) is 34.9 Å². The zero-order chi connectivity index (χ0) is 77.1. The van der Waals surface area contributed by atoms with Crippen molar-refractivity contribution in [1.29, 1.82) is 0 Å². The van der Waals surface area contributed by atoms with Gasteiger partial charge in [0, 0.05) is 110 Å². The Morgan fingerprint density at radius 2 is 0.693 bits per heavy atom. The molecule has 0 N–H and O–H groups in total. The molecule has 12 heteroatoms. The fourth-order valence-electron chi connectivity index (χ4n) is 17.7. The fraction of sp³-hybridized carbons (Fsp3) is 0.0392. The maximum Gasteiger partial charge on any atom is 0.137 e. The molecule has 2 unspecified atom stereocenters. The molecule has 20 rings (SSSR count). The summed E-state index contributed by atoms with van der Waals surface area (Å²) in [6, 6.07) is 96.3. The van der Waals surface area contributed by atoms with Crippen molar-refractivity contribution in [3.8, 4) is 50.6 Å². The van der Waals surface area contributed by atoms with Crippen LogP contribution in [-0.2, 0) is 10.8 Å². The van der Waals surface area contributed by atoms with E-state index in [9.17, 15) is 0 Å². The van der Waals surface area contributed by atoms with E-state index < -0.39 is 45.7 Å². The van der Waals surface area contributed by atoms with Gasteiger partial charge in [0.15, 0.2) is 0 Å². The molecule has 548 valence electrons. The van der Waals surface area contributed by atoms with Crippen molar-refractivity contribution in [3.05, 3.63) is 443 Å². The molecule has 0 saturated carbocycles. The van der Waals surface area contributed by atoms with Gasteiger partial charge in [0.25, 0.3) is 0 Å². The van der Waals surface area contributed by atoms with Crippen LogP contribution in [-0.4, -0.2) is 0 Å². The summed E-state index contributed by atoms with van der Waals surface area (Å²) < 4.78 is 126. The molecular formula is C102H64F6N2O4. The molecule has 0 aliphatic heterocycles. The Kier molecular flexibility index (Phi) is 16.5. The van der Waals surface area contributed by atoms with Crippen molar-refractivity contribution in [3.63, 3.8) is 0 Å². The summed E-state index contributed by atoms with van der Waals surface area (Å²) in [7, 11) is 0. The summed E-state index contributed by atoms with van der Waals surface area (Å²) in [5.74, 6) is -3.92. The first-order valence-corrected chi connectivity index (χ1v) is 37.5. The predicted molar refractivity (Wildman–Crippen MR) is 443 cm³/mol. The average Bonchev–Trinajstić information content (AvgIpc) is 1.52. The van der Waals surface area contributed by atoms with Crippen molar-refractivity contribution in [1.82, 2.24) is 0 Å². The number of nitrogens with zero attached hydrogens (tertiary/aromatic N) is 2. The minimum Gasteiger partial charge on any atom is -0.462 e. The number of para-hydroxylation sites is 2. The zero-order valence-corrected chi connectivity index (χ0v) is 61.0. The lowest BCUT2D eigenvalue weighted by atomic mass is 9.67. The van der Waals surface area contributed by atoms with Crippen molar-refractivity contribution >= 4 is 84.1 Å². The van der Waals surface area contributed by atoms with Gasteiger partial charge in [-0.1, -0.05) is 189 Å². The Morgan fingerprint density at radius 1 is 0.316 bits per heavy atom. The summed E-state index contributed by atoms with van der Waals surface area (Å²) in [5, 5.41) is 3.75. The SMILES string of the molecule is C=CC1=CC=C(Oc2ccc(C3(c4c(F)cc(F)cc4F)c4ccccc4-c4ccc(N(c5ccc(-c6ccc(N(c7ccc8c(c7)C(c7ccc(Oc9ccc(C=C)cc9)cc7)(c7c(F)cc(F)cc7F)c7ccccc7-8)c7ccc8c(c7)oc7ccccc78)cc6)cc5)c5ccc6c(c5)oc5ccccc56)cc43)cc2)CC1. The summed E-state index contributed by atoms with van der Waals surface area (Å²) in [5.41, 5.74) is 13.0. The van der Waals surface area contributed by atoms with Crippen LogP contribution in [0.1, 0.15) is 62.9 Å². The fourth-order valence-corrected chi connectivity index (χ4v) is 17.7. The Morgan fingerprint density at radius 3 is 1.12 bits per heavy atom. The van der Waals surface area contributed by atoms with Crippen molar-refractivity contribution in [2.75, 3.05) is 9.80 Å². The van der Waals surface area contributed by atoms with E-state index in [4.69, 9.17) is 18.3 Å². The molecule has 2 aromatic heterocycles. The zero-order valence-electron chi connectivity index (χ0n) is 61.0. The van der Waals surface area contributed by atoms with E-state index in [0.29, 0.717) is 79.6 Å². The van der Waals surface area contributed by atoms with E-state index in [2.05, 4.69) is 23.0 Å². The van der Waals surface area contributed by atoms with Gasteiger partial charge in [0.05, 0.1) is 10.8 Å². The highest BCUT2D eigenvalue weighted by Gasteiger charge is 2.52. The van der Waals surface area contributed by atoms with Crippen molar-refractivity contribution in [2.24, 2.45) is 0 Å². The van der Waals surface area contributed by atoms with E-state index in [-0.39, 0.29) is 11.1 Å². The maximum absolute atomic E-state index is 17.4. The predicted octanol–water partition coefficient (Wildman–Crippen LogP) is 28.3. The molecule has 2 heterocycles. The van der Waals surface area contributed by atoms with Crippen LogP contribution in [0.5, 0.6) is 17.2 Å². The lowest BCUT2D eigenvalue weighted by molar-refractivity contribution is 0.401. The molecule has 114 heavy (non-hydrogen) atoms. The lowest BCUT2D eigenvalue weighted by Gasteiger charge is -2.35. The molecular weight excluding hydrogens is 1430 g/mol. The Labute approximate surface area is 652 Å². The van der Waals surface area contributed by atoms with Gasteiger partial charge < -0.3 is 28.1 Å². The number of benzene rings is 15. The number of hydrogen-bond acceptors (Lipinski definition) is 6. The van der Waals surface area contributed by atoms with Crippen LogP contribution in [0.2, 0.25) is 0 Å². The second-order valence-corrected chi connectivity index (χ2v) is 29.0. The third-order valence-corrected chi connectivity index (χ3v) is 22.7. The minimum absolute atomic E-state index is 0.328. The largest absolute Gasteiger partial charge is 0.462 e. The molecule has 0 amide bonds. The Bertz CT molecular complexity index is 6820. The number of allylic oxidation sites excluding steroid dienone is 5. The van der Waals surface area contributed by atoms with Crippen LogP contribution in [0.15, 0.2) is 367 Å². The summed E-state index contributed by atoms with van der Waals surface area (Å²) in [6.07, 6.45) is 8.92. The Balaban J connectivity index is 0.715. The van der Waals surface area contributed by atoms with Gasteiger partial charge in [0.2, 0.25) is 0 Å². The van der Waals surface area contributed by atoms with Crippen LogP contribution < -0.4 is 19.3 Å². The van der Waals surface area contributed by atoms with Gasteiger partial charge in [-0.15, -0.1) is 0 Å². The molecule has 2 atom stereocenters. The minimum atomic E-state index is -1.68. The normalized spacial score (nSPS) is 15.3. The molecule has 0 bridgehead atoms. The lowest BCUT2D eigenvalue weighted by Crippen LogP contribution is -2.31. The van der Waals surface area contributed by atoms with Gasteiger partial charge in [-0.2, -0.15) is 0 Å². The van der Waals surface area contributed by atoms with Gasteiger partial charge in [-0.25, -0.2) is 26.3 Å². The van der Waals surface area contributed by atoms with Gasteiger partial charge in [0.1, 0.15) is 80.2 Å². The third kappa shape index (κ3) is 11.2. The van der Waals surface area contributed by atoms with E-state index in [1.807, 2.05) is 297 Å². The standard InChI is InChI=1S/C102H64F6N2O4/c1-3-61-21-41-75(42-22-61)111-77-45-29-65(30-46-77)101(99-91(105)53-67(103)54-92(99)106)87-17-9-5-13-79(87)81-49-37-71(57-89(81)101)109(73-39-51-85-83-15-7-11-19-95(83)113-97(85)59-73)69-33-25-63(26-34-69)64-27-35-70(36-28-64)110(74-40-52-86-84-16-8-12-20-96(84)114-98(86)60-74)72-38-50-82-80-14-6-10-18-88(80)102(90(82)58-72,100-93(107)55-68(104)56-94(100)108)66-31-47-78(48-32-66)112-76-43-23-62(4-2)24-44-76/h3-23,25-43,45-60H,1-2,24,44H2. The Hall–Kier alpha value is -14.4. The third-order valence-electron chi connectivity index (χ3n) is 22.7. The first-order chi connectivity index (χ1) is 55.8. The van der Waals surface area contributed by atoms with Crippen LogP contribution in [0.25, 0.3) is 83.3 Å². The summed E-state index contributed by atoms with van der Waals surface area (Å²) in [6.45, 7) is 7.79. The number of ether oxygens (including phenoxy) is 2. The van der Waals surface area contributed by atoms with Crippen LogP contribution >= 0.6 is 0 Å². The van der Waals surface area contributed by atoms with E-state index in [1.165, 1.54) is 0 Å². The van der Waals surface area contributed by atoms with Crippen molar-refractivity contribution in [2.45, 2.75) is 23.7 Å². The van der Waals surface area contributed by atoms with Gasteiger partial charge >= 0.3 is 0 Å². The summed E-state index contributed by atoms with van der Waals surface area (Å²) >= 11 is 0. The molecule has 0 saturated heterocycles. The number of halogens is 6. The molecule has 3 aliphatic rings. The van der Waals surface area contributed by atoms with Crippen molar-refractivity contribution < 1.29 is 44.7 Å². The van der Waals surface area contributed by atoms with E-state index in [1.54, 1.807) is 18.2 Å². The highest BCUT2D eigenvalue weighted by Crippen LogP contribution is 2.61. The van der Waals surface area contributed by atoms with Gasteiger partial charge in [-0.05, 0) is 212 Å². The highest BCUT2D eigenvalue weighted by molar-refractivity contribution is 6.08. The van der Waals surface area contributed by atoms with Crippen LogP contribution in [0.3, 0.4) is 0 Å². The quantitative estimate of drug-likeness (QED) is 0.0847. The smallest absolute Gasteiger partial charge is 0.137 e. The van der Waals surface area contributed by atoms with E-state index >= 15 is 26.3 Å². The monoisotopic (exact) mass is 1490 g/mol. The number of anilines is 6. The number of rotatable bonds is 17. The molecule has 0 radical (unpaired) electrons. The summed E-state index contributed by atoms with van der Waals surface area (Å²) in [4.78, 5) is 4.19. The van der Waals surface area contributed by atoms with Crippen LogP contribution in [0.4, 0.5) is 60.5 Å². The second kappa shape index (κ2) is 27.3. The molecule has 0 spiro atoms. The molecule has 3 aliphatic carbocycles. The number of fused-ring (bicyclic) bond motifs is 12. The van der Waals surface area contributed by atoms with Gasteiger partial charge in [-0.3, -0.25) is 0 Å². The number of hydrogen-bond donors (Lipinski definition) is 0. The molecule has 17 aromatic rings. The topological polar surface area (TPSA) is 51.2 Å². The molecule has 15 aromatic carbocycles. The first-order valence-electron chi connectivity index (χ1n) is 37.5.